The summed E-state index contributed by atoms with van der Waals surface area (Å²) in [4.78, 5) is 11.6. The Morgan fingerprint density at radius 2 is 2.12 bits per heavy atom. The summed E-state index contributed by atoms with van der Waals surface area (Å²) < 4.78 is 19.3. The number of hydrogen-bond acceptors (Lipinski definition) is 8. The van der Waals surface area contributed by atoms with Gasteiger partial charge in [-0.15, -0.1) is 0 Å². The van der Waals surface area contributed by atoms with Crippen LogP contribution in [-0.4, -0.2) is 37.1 Å². The Morgan fingerprint density at radius 1 is 1.38 bits per heavy atom. The molecule has 2 aromatic rings. The van der Waals surface area contributed by atoms with Gasteiger partial charge in [0.15, 0.2) is 11.5 Å². The predicted octanol–water partition coefficient (Wildman–Crippen LogP) is 0.149. The molecule has 1 amide bonds. The summed E-state index contributed by atoms with van der Waals surface area (Å²) in [5, 5.41) is 25.9. The molecule has 2 rings (SSSR count). The molecular weight excluding hydrogens is 322 g/mol. The highest BCUT2D eigenvalue weighted by Crippen LogP contribution is 2.27. The maximum Gasteiger partial charge on any atom is 0.415 e. The third-order valence-electron chi connectivity index (χ3n) is 3.11. The molecule has 0 fully saturated rings. The quantitative estimate of drug-likeness (QED) is 0.682. The smallest absolute Gasteiger partial charge is 0.415 e. The molecule has 130 valence electrons. The molecule has 0 bridgehead atoms. The average molecular weight is 339 g/mol. The number of hydrogen-bond donors (Lipinski definition) is 2. The van der Waals surface area contributed by atoms with E-state index in [9.17, 15) is 10.0 Å². The van der Waals surface area contributed by atoms with E-state index in [2.05, 4.69) is 15.1 Å². The van der Waals surface area contributed by atoms with E-state index in [0.717, 1.165) is 5.56 Å². The monoisotopic (exact) mass is 339 g/mol. The summed E-state index contributed by atoms with van der Waals surface area (Å²) in [6.07, 6.45) is -0.360. The lowest BCUT2D eigenvalue weighted by molar-refractivity contribution is -0.804. The maximum atomic E-state index is 11.7. The molecule has 10 heteroatoms. The molecule has 0 aliphatic heterocycles. The number of aromatic nitrogens is 2. The van der Waals surface area contributed by atoms with Crippen molar-refractivity contribution in [1.82, 2.24) is 10.5 Å². The number of aliphatic hydroxyl groups is 1. The van der Waals surface area contributed by atoms with Gasteiger partial charge in [-0.3, -0.25) is 4.63 Å². The highest BCUT2D eigenvalue weighted by Gasteiger charge is 2.23. The SMILES string of the molecule is COc1ccc(CCNC(=O)Oc2c(CO)no[n+]2[O-])cc1OC. The lowest BCUT2D eigenvalue weighted by Crippen LogP contribution is -2.34. The zero-order valence-corrected chi connectivity index (χ0v) is 13.1. The number of carbonyl (C=O) groups excluding carboxylic acids is 1. The lowest BCUT2D eigenvalue weighted by atomic mass is 10.1. The van der Waals surface area contributed by atoms with E-state index in [1.54, 1.807) is 19.2 Å². The van der Waals surface area contributed by atoms with Gasteiger partial charge in [0.1, 0.15) is 6.61 Å². The number of ether oxygens (including phenoxy) is 3. The van der Waals surface area contributed by atoms with Crippen molar-refractivity contribution >= 4 is 6.09 Å². The van der Waals surface area contributed by atoms with E-state index in [0.29, 0.717) is 17.9 Å². The fourth-order valence-electron chi connectivity index (χ4n) is 1.93. The van der Waals surface area contributed by atoms with Crippen molar-refractivity contribution in [3.8, 4) is 17.4 Å². The van der Waals surface area contributed by atoms with E-state index in [4.69, 9.17) is 19.3 Å². The fraction of sp³-hybridized carbons (Fsp3) is 0.357. The first kappa shape index (κ1) is 17.3. The zero-order chi connectivity index (χ0) is 17.5. The highest BCUT2D eigenvalue weighted by atomic mass is 16.8. The average Bonchev–Trinajstić information content (AvgIpc) is 2.94. The summed E-state index contributed by atoms with van der Waals surface area (Å²) in [6.45, 7) is -0.333. The standard InChI is InChI=1S/C14H17N3O7/c1-21-11-4-3-9(7-12(11)22-2)5-6-15-14(19)23-13-10(8-18)16-24-17(13)20/h3-4,7,18H,5-6,8H2,1-2H3,(H,15,19). The van der Waals surface area contributed by atoms with Crippen LogP contribution in [0.15, 0.2) is 22.8 Å². The summed E-state index contributed by atoms with van der Waals surface area (Å²) in [6, 6.07) is 5.39. The van der Waals surface area contributed by atoms with Crippen LogP contribution in [0.1, 0.15) is 11.3 Å². The van der Waals surface area contributed by atoms with Gasteiger partial charge >= 0.3 is 12.0 Å². The molecule has 1 heterocycles. The van der Waals surface area contributed by atoms with Crippen LogP contribution in [0.5, 0.6) is 17.4 Å². The number of methoxy groups -OCH3 is 2. The Hall–Kier alpha value is -3.01. The number of carbonyl (C=O) groups is 1. The largest absolute Gasteiger partial charge is 0.493 e. The van der Waals surface area contributed by atoms with Crippen molar-refractivity contribution in [3.63, 3.8) is 0 Å². The molecular formula is C14H17N3O7. The van der Waals surface area contributed by atoms with Crippen LogP contribution in [0.3, 0.4) is 0 Å². The van der Waals surface area contributed by atoms with Gasteiger partial charge in [-0.2, -0.15) is 0 Å². The van der Waals surface area contributed by atoms with Gasteiger partial charge < -0.3 is 29.8 Å². The van der Waals surface area contributed by atoms with E-state index < -0.39 is 18.6 Å². The van der Waals surface area contributed by atoms with Crippen molar-refractivity contribution in [2.45, 2.75) is 13.0 Å². The van der Waals surface area contributed by atoms with Crippen LogP contribution < -0.4 is 24.4 Å². The minimum atomic E-state index is -0.863. The molecule has 0 saturated heterocycles. The van der Waals surface area contributed by atoms with Crippen molar-refractivity contribution in [2.75, 3.05) is 20.8 Å². The van der Waals surface area contributed by atoms with Crippen LogP contribution in [0, 0.1) is 5.21 Å². The first-order valence-corrected chi connectivity index (χ1v) is 6.95. The van der Waals surface area contributed by atoms with Gasteiger partial charge in [-0.05, 0) is 29.0 Å². The Bertz CT molecular complexity index is 702. The number of nitrogens with zero attached hydrogens (tertiary/aromatic N) is 2. The van der Waals surface area contributed by atoms with E-state index in [-0.39, 0.29) is 17.1 Å². The molecule has 0 radical (unpaired) electrons. The molecule has 1 aromatic carbocycles. The molecule has 0 aliphatic rings. The van der Waals surface area contributed by atoms with Gasteiger partial charge in [0, 0.05) is 11.7 Å². The van der Waals surface area contributed by atoms with Crippen LogP contribution in [0.25, 0.3) is 0 Å². The number of nitrogens with one attached hydrogen (secondary N) is 1. The van der Waals surface area contributed by atoms with Crippen LogP contribution >= 0.6 is 0 Å². The normalized spacial score (nSPS) is 10.3. The minimum absolute atomic E-state index is 0.0977. The second-order valence-electron chi connectivity index (χ2n) is 4.60. The molecule has 2 N–H and O–H groups in total. The first-order chi connectivity index (χ1) is 11.6. The molecule has 0 aliphatic carbocycles. The number of amides is 1. The Kier molecular flexibility index (Phi) is 5.79. The van der Waals surface area contributed by atoms with Gasteiger partial charge in [0.25, 0.3) is 5.69 Å². The van der Waals surface area contributed by atoms with Crippen molar-refractivity contribution < 1.29 is 33.6 Å². The summed E-state index contributed by atoms with van der Waals surface area (Å²) >= 11 is 0. The van der Waals surface area contributed by atoms with Crippen LogP contribution in [0.4, 0.5) is 4.79 Å². The second kappa shape index (κ2) is 8.02. The Morgan fingerprint density at radius 3 is 2.79 bits per heavy atom. The molecule has 0 spiro atoms. The molecule has 24 heavy (non-hydrogen) atoms. The summed E-state index contributed by atoms with van der Waals surface area (Å²) in [5.41, 5.74) is 0.743. The number of aliphatic hydroxyl groups excluding tert-OH is 1. The van der Waals surface area contributed by atoms with Gasteiger partial charge in [-0.25, -0.2) is 4.79 Å². The van der Waals surface area contributed by atoms with Crippen molar-refractivity contribution in [1.29, 1.82) is 0 Å². The molecule has 10 nitrogen and oxygen atoms in total. The maximum absolute atomic E-state index is 11.7. The Labute approximate surface area is 137 Å². The Balaban J connectivity index is 1.87. The van der Waals surface area contributed by atoms with Gasteiger partial charge in [0.05, 0.1) is 14.2 Å². The minimum Gasteiger partial charge on any atom is -0.493 e. The van der Waals surface area contributed by atoms with Crippen LogP contribution in [0.2, 0.25) is 0 Å². The van der Waals surface area contributed by atoms with Crippen LogP contribution in [-0.2, 0) is 13.0 Å². The number of rotatable bonds is 7. The molecule has 1 aromatic heterocycles. The topological polar surface area (TPSA) is 130 Å². The third kappa shape index (κ3) is 4.04. The van der Waals surface area contributed by atoms with Crippen molar-refractivity contribution in [2.24, 2.45) is 0 Å². The predicted molar refractivity (Wildman–Crippen MR) is 78.7 cm³/mol. The van der Waals surface area contributed by atoms with E-state index in [1.807, 2.05) is 6.07 Å². The zero-order valence-electron chi connectivity index (χ0n) is 13.1. The highest BCUT2D eigenvalue weighted by molar-refractivity contribution is 5.69. The third-order valence-corrected chi connectivity index (χ3v) is 3.11. The molecule has 0 atom stereocenters. The van der Waals surface area contributed by atoms with E-state index >= 15 is 0 Å². The second-order valence-corrected chi connectivity index (χ2v) is 4.60. The van der Waals surface area contributed by atoms with Gasteiger partial charge in [0.2, 0.25) is 0 Å². The molecule has 0 saturated carbocycles. The van der Waals surface area contributed by atoms with Gasteiger partial charge in [-0.1, -0.05) is 6.07 Å². The fourth-order valence-corrected chi connectivity index (χ4v) is 1.93. The lowest BCUT2D eigenvalue weighted by Gasteiger charge is -2.10. The molecule has 0 unspecified atom stereocenters. The summed E-state index contributed by atoms with van der Waals surface area (Å²) in [5.74, 6) is 0.695. The summed E-state index contributed by atoms with van der Waals surface area (Å²) in [7, 11) is 3.08. The van der Waals surface area contributed by atoms with E-state index in [1.165, 1.54) is 7.11 Å². The first-order valence-electron chi connectivity index (χ1n) is 6.95. The van der Waals surface area contributed by atoms with Crippen molar-refractivity contribution in [3.05, 3.63) is 34.7 Å². The number of benzene rings is 1.